The number of rotatable bonds is 6. The van der Waals surface area contributed by atoms with Gasteiger partial charge in [0.25, 0.3) is 5.91 Å². The Hall–Kier alpha value is -1.93. The van der Waals surface area contributed by atoms with Gasteiger partial charge in [0.2, 0.25) is 10.0 Å². The molecule has 0 aromatic heterocycles. The topological polar surface area (TPSA) is 104 Å². The Morgan fingerprint density at radius 1 is 1.35 bits per heavy atom. The van der Waals surface area contributed by atoms with E-state index in [0.29, 0.717) is 12.1 Å². The highest BCUT2D eigenvalue weighted by molar-refractivity contribution is 7.89. The molecule has 2 rings (SSSR count). The predicted octanol–water partition coefficient (Wildman–Crippen LogP) is 2.15. The van der Waals surface area contributed by atoms with Crippen molar-refractivity contribution in [3.63, 3.8) is 0 Å². The third-order valence-electron chi connectivity index (χ3n) is 4.66. The number of sulfonamides is 1. The van der Waals surface area contributed by atoms with Crippen LogP contribution in [0.15, 0.2) is 23.1 Å². The van der Waals surface area contributed by atoms with Gasteiger partial charge in [-0.2, -0.15) is 4.31 Å². The number of amides is 1. The molecule has 144 valence electrons. The van der Waals surface area contributed by atoms with Crippen LogP contribution in [-0.4, -0.2) is 48.3 Å². The third-order valence-corrected chi connectivity index (χ3v) is 6.67. The lowest BCUT2D eigenvalue weighted by Crippen LogP contribution is -2.42. The van der Waals surface area contributed by atoms with Crippen LogP contribution in [0.3, 0.4) is 0 Å². The Morgan fingerprint density at radius 2 is 2.04 bits per heavy atom. The van der Waals surface area contributed by atoms with E-state index in [1.54, 1.807) is 19.9 Å². The Kier molecular flexibility index (Phi) is 6.41. The minimum atomic E-state index is -3.67. The molecule has 1 aliphatic rings. The van der Waals surface area contributed by atoms with Gasteiger partial charge in [0.15, 0.2) is 0 Å². The van der Waals surface area contributed by atoms with Crippen molar-refractivity contribution in [3.8, 4) is 0 Å². The molecule has 26 heavy (non-hydrogen) atoms. The highest BCUT2D eigenvalue weighted by Crippen LogP contribution is 2.26. The van der Waals surface area contributed by atoms with Gasteiger partial charge in [-0.3, -0.25) is 9.59 Å². The van der Waals surface area contributed by atoms with Crippen LogP contribution in [0.4, 0.5) is 0 Å². The van der Waals surface area contributed by atoms with Crippen LogP contribution in [0.25, 0.3) is 0 Å². The van der Waals surface area contributed by atoms with Crippen molar-refractivity contribution < 1.29 is 23.1 Å². The molecule has 2 N–H and O–H groups in total. The van der Waals surface area contributed by atoms with Crippen molar-refractivity contribution >= 4 is 21.9 Å². The SMILES string of the molecule is Cc1ccc(S(=O)(=O)N2CCCCC2C)cc1C(=O)NC(C)CC(=O)O. The van der Waals surface area contributed by atoms with Crippen molar-refractivity contribution in [2.24, 2.45) is 0 Å². The van der Waals surface area contributed by atoms with E-state index in [9.17, 15) is 18.0 Å². The van der Waals surface area contributed by atoms with Crippen LogP contribution >= 0.6 is 0 Å². The van der Waals surface area contributed by atoms with Gasteiger partial charge in [0.05, 0.1) is 11.3 Å². The maximum Gasteiger partial charge on any atom is 0.305 e. The Labute approximate surface area is 154 Å². The van der Waals surface area contributed by atoms with Crippen LogP contribution in [0.5, 0.6) is 0 Å². The van der Waals surface area contributed by atoms with Crippen LogP contribution in [-0.2, 0) is 14.8 Å². The molecular weight excluding hydrogens is 356 g/mol. The van der Waals surface area contributed by atoms with E-state index in [-0.39, 0.29) is 22.9 Å². The summed E-state index contributed by atoms with van der Waals surface area (Å²) in [6.45, 7) is 5.69. The molecule has 1 aromatic rings. The predicted molar refractivity (Wildman–Crippen MR) is 97.6 cm³/mol. The molecule has 0 aliphatic carbocycles. The first-order chi connectivity index (χ1) is 12.1. The van der Waals surface area contributed by atoms with Gasteiger partial charge < -0.3 is 10.4 Å². The minimum Gasteiger partial charge on any atom is -0.481 e. The summed E-state index contributed by atoms with van der Waals surface area (Å²) in [6.07, 6.45) is 2.46. The van der Waals surface area contributed by atoms with Crippen molar-refractivity contribution in [1.82, 2.24) is 9.62 Å². The number of aryl methyl sites for hydroxylation is 1. The normalized spacial score (nSPS) is 19.7. The smallest absolute Gasteiger partial charge is 0.305 e. The molecule has 1 amide bonds. The zero-order valence-corrected chi connectivity index (χ0v) is 16.2. The summed E-state index contributed by atoms with van der Waals surface area (Å²) in [7, 11) is -3.67. The number of hydrogen-bond acceptors (Lipinski definition) is 4. The van der Waals surface area contributed by atoms with E-state index in [0.717, 1.165) is 19.3 Å². The molecule has 1 aliphatic heterocycles. The number of carboxylic acid groups (broad SMARTS) is 1. The highest BCUT2D eigenvalue weighted by atomic mass is 32.2. The summed E-state index contributed by atoms with van der Waals surface area (Å²) in [4.78, 5) is 23.3. The number of aliphatic carboxylic acids is 1. The molecule has 0 saturated carbocycles. The van der Waals surface area contributed by atoms with Gasteiger partial charge in [-0.25, -0.2) is 8.42 Å². The van der Waals surface area contributed by atoms with Crippen LogP contribution in [0.2, 0.25) is 0 Å². The number of carboxylic acids is 1. The standard InChI is InChI=1S/C18H26N2O5S/c1-12-7-8-15(26(24,25)20-9-5-4-6-14(20)3)11-16(12)18(23)19-13(2)10-17(21)22/h7-8,11,13-14H,4-6,9-10H2,1-3H3,(H,19,23)(H,21,22). The molecular formula is C18H26N2O5S. The Balaban J connectivity index is 2.28. The molecule has 2 atom stereocenters. The minimum absolute atomic E-state index is 0.0667. The molecule has 0 spiro atoms. The van der Waals surface area contributed by atoms with Gasteiger partial charge in [-0.15, -0.1) is 0 Å². The summed E-state index contributed by atoms with van der Waals surface area (Å²) in [5.74, 6) is -1.48. The molecule has 2 unspecified atom stereocenters. The average molecular weight is 382 g/mol. The van der Waals surface area contributed by atoms with Crippen LogP contribution in [0, 0.1) is 6.92 Å². The molecule has 1 fully saturated rings. The van der Waals surface area contributed by atoms with Gasteiger partial charge in [-0.05, 0) is 51.3 Å². The largest absolute Gasteiger partial charge is 0.481 e. The van der Waals surface area contributed by atoms with E-state index < -0.39 is 27.9 Å². The van der Waals surface area contributed by atoms with Crippen LogP contribution < -0.4 is 5.32 Å². The second kappa shape index (κ2) is 8.18. The van der Waals surface area contributed by atoms with Gasteiger partial charge in [-0.1, -0.05) is 12.5 Å². The number of carbonyl (C=O) groups excluding carboxylic acids is 1. The van der Waals surface area contributed by atoms with E-state index >= 15 is 0 Å². The molecule has 0 bridgehead atoms. The molecule has 1 saturated heterocycles. The zero-order chi connectivity index (χ0) is 19.5. The summed E-state index contributed by atoms with van der Waals surface area (Å²) in [5.41, 5.74) is 0.878. The summed E-state index contributed by atoms with van der Waals surface area (Å²) in [5, 5.41) is 11.4. The van der Waals surface area contributed by atoms with Gasteiger partial charge in [0.1, 0.15) is 0 Å². The molecule has 7 nitrogen and oxygen atoms in total. The fraction of sp³-hybridized carbons (Fsp3) is 0.556. The van der Waals surface area contributed by atoms with E-state index in [1.165, 1.54) is 16.4 Å². The highest BCUT2D eigenvalue weighted by Gasteiger charge is 2.31. The third kappa shape index (κ3) is 4.62. The van der Waals surface area contributed by atoms with Gasteiger partial charge >= 0.3 is 5.97 Å². The van der Waals surface area contributed by atoms with E-state index in [4.69, 9.17) is 5.11 Å². The lowest BCUT2D eigenvalue weighted by Gasteiger charge is -2.32. The Bertz CT molecular complexity index is 791. The quantitative estimate of drug-likeness (QED) is 0.784. The first-order valence-electron chi connectivity index (χ1n) is 8.78. The lowest BCUT2D eigenvalue weighted by molar-refractivity contribution is -0.137. The second-order valence-electron chi connectivity index (χ2n) is 6.91. The fourth-order valence-electron chi connectivity index (χ4n) is 3.18. The number of carbonyl (C=O) groups is 2. The second-order valence-corrected chi connectivity index (χ2v) is 8.80. The van der Waals surface area contributed by atoms with Crippen molar-refractivity contribution in [1.29, 1.82) is 0 Å². The summed E-state index contributed by atoms with van der Waals surface area (Å²) < 4.78 is 27.4. The molecule has 8 heteroatoms. The first kappa shape index (κ1) is 20.4. The number of nitrogens with zero attached hydrogens (tertiary/aromatic N) is 1. The summed E-state index contributed by atoms with van der Waals surface area (Å²) >= 11 is 0. The van der Waals surface area contributed by atoms with Crippen LogP contribution in [0.1, 0.15) is 55.5 Å². The molecule has 0 radical (unpaired) electrons. The monoisotopic (exact) mass is 382 g/mol. The molecule has 1 aromatic carbocycles. The number of hydrogen-bond donors (Lipinski definition) is 2. The van der Waals surface area contributed by atoms with Gasteiger partial charge in [0, 0.05) is 24.2 Å². The average Bonchev–Trinajstić information content (AvgIpc) is 2.54. The summed E-state index contributed by atoms with van der Waals surface area (Å²) in [6, 6.07) is 3.89. The van der Waals surface area contributed by atoms with Crippen molar-refractivity contribution in [2.45, 2.75) is 63.4 Å². The van der Waals surface area contributed by atoms with E-state index in [1.807, 2.05) is 6.92 Å². The number of piperidine rings is 1. The fourth-order valence-corrected chi connectivity index (χ4v) is 4.91. The number of nitrogens with one attached hydrogen (secondary N) is 1. The maximum absolute atomic E-state index is 13.0. The Morgan fingerprint density at radius 3 is 2.65 bits per heavy atom. The maximum atomic E-state index is 13.0. The van der Waals surface area contributed by atoms with Crippen molar-refractivity contribution in [3.05, 3.63) is 29.3 Å². The number of benzene rings is 1. The first-order valence-corrected chi connectivity index (χ1v) is 10.2. The zero-order valence-electron chi connectivity index (χ0n) is 15.4. The van der Waals surface area contributed by atoms with E-state index in [2.05, 4.69) is 5.32 Å². The molecule has 1 heterocycles. The lowest BCUT2D eigenvalue weighted by atomic mass is 10.1. The van der Waals surface area contributed by atoms with Crippen molar-refractivity contribution in [2.75, 3.05) is 6.54 Å².